The number of phenolic OH excluding ortho intramolecular Hbond substituents is 2. The topological polar surface area (TPSA) is 91.9 Å². The summed E-state index contributed by atoms with van der Waals surface area (Å²) in [5.74, 6) is -0.231. The number of phenols is 2. The molecule has 0 aliphatic heterocycles. The van der Waals surface area contributed by atoms with E-state index in [1.807, 2.05) is 30.3 Å². The first-order chi connectivity index (χ1) is 13.1. The molecule has 0 amide bonds. The first-order valence-corrected chi connectivity index (χ1v) is 9.03. The van der Waals surface area contributed by atoms with Gasteiger partial charge in [0.25, 0.3) is 0 Å². The largest absolute Gasteiger partial charge is 0.507 e. The highest BCUT2D eigenvalue weighted by Crippen LogP contribution is 2.40. The molecule has 0 spiro atoms. The monoisotopic (exact) mass is 369 g/mol. The molecule has 2 aromatic carbocycles. The molecule has 0 bridgehead atoms. The van der Waals surface area contributed by atoms with Crippen LogP contribution in [0.3, 0.4) is 0 Å². The second-order valence-corrected chi connectivity index (χ2v) is 6.24. The summed E-state index contributed by atoms with van der Waals surface area (Å²) in [5, 5.41) is 23.5. The Kier molecular flexibility index (Phi) is 5.98. The first-order valence-electron chi connectivity index (χ1n) is 9.03. The van der Waals surface area contributed by atoms with Crippen LogP contribution in [0.25, 0.3) is 22.3 Å². The normalized spacial score (nSPS) is 11.0. The highest BCUT2D eigenvalue weighted by Gasteiger charge is 2.19. The molecule has 0 fully saturated rings. The van der Waals surface area contributed by atoms with Crippen molar-refractivity contribution in [3.63, 3.8) is 0 Å². The van der Waals surface area contributed by atoms with Crippen molar-refractivity contribution >= 4 is 11.0 Å². The molecule has 3 aromatic rings. The van der Waals surface area contributed by atoms with Gasteiger partial charge in [-0.25, -0.2) is 0 Å². The number of hydrogen-bond acceptors (Lipinski definition) is 6. The van der Waals surface area contributed by atoms with Gasteiger partial charge in [0.15, 0.2) is 16.8 Å². The van der Waals surface area contributed by atoms with Crippen LogP contribution in [0.2, 0.25) is 0 Å². The van der Waals surface area contributed by atoms with Crippen LogP contribution in [0.4, 0.5) is 0 Å². The molecule has 1 aromatic heterocycles. The standard InChI is InChI=1S/C21H23NO5/c1-2-3-9-22-10-11-26-20-17(25)12-15(23)19-16(24)13-18(27-21(19)20)14-7-5-4-6-8-14/h4-8,12-13,22-23,25H,2-3,9-11H2,1H3. The van der Waals surface area contributed by atoms with Crippen molar-refractivity contribution in [2.24, 2.45) is 0 Å². The number of benzene rings is 2. The quantitative estimate of drug-likeness (QED) is 0.525. The Bertz CT molecular complexity index is 966. The van der Waals surface area contributed by atoms with Gasteiger partial charge in [0.05, 0.1) is 0 Å². The van der Waals surface area contributed by atoms with E-state index in [1.54, 1.807) is 0 Å². The van der Waals surface area contributed by atoms with Gasteiger partial charge in [0.1, 0.15) is 23.5 Å². The van der Waals surface area contributed by atoms with E-state index in [9.17, 15) is 15.0 Å². The maximum atomic E-state index is 12.5. The van der Waals surface area contributed by atoms with Gasteiger partial charge in [-0.1, -0.05) is 43.7 Å². The third-order valence-corrected chi connectivity index (χ3v) is 4.21. The van der Waals surface area contributed by atoms with Crippen LogP contribution in [0, 0.1) is 0 Å². The van der Waals surface area contributed by atoms with Crippen LogP contribution in [0.5, 0.6) is 17.2 Å². The zero-order valence-electron chi connectivity index (χ0n) is 15.2. The van der Waals surface area contributed by atoms with Crippen molar-refractivity contribution in [2.45, 2.75) is 19.8 Å². The Morgan fingerprint density at radius 2 is 1.85 bits per heavy atom. The Hall–Kier alpha value is -2.99. The van der Waals surface area contributed by atoms with E-state index in [4.69, 9.17) is 9.15 Å². The minimum atomic E-state index is -0.404. The van der Waals surface area contributed by atoms with Gasteiger partial charge < -0.3 is 24.7 Å². The van der Waals surface area contributed by atoms with Crippen LogP contribution in [0.1, 0.15) is 19.8 Å². The fraction of sp³-hybridized carbons (Fsp3) is 0.286. The van der Waals surface area contributed by atoms with Gasteiger partial charge in [-0.05, 0) is 13.0 Å². The summed E-state index contributed by atoms with van der Waals surface area (Å²) >= 11 is 0. The van der Waals surface area contributed by atoms with Gasteiger partial charge in [0.2, 0.25) is 5.75 Å². The van der Waals surface area contributed by atoms with Crippen molar-refractivity contribution < 1.29 is 19.4 Å². The summed E-state index contributed by atoms with van der Waals surface area (Å²) in [6, 6.07) is 11.6. The fourth-order valence-electron chi connectivity index (χ4n) is 2.82. The minimum absolute atomic E-state index is 0.0126. The molecule has 0 aliphatic rings. The fourth-order valence-corrected chi connectivity index (χ4v) is 2.82. The molecule has 3 rings (SSSR count). The highest BCUT2D eigenvalue weighted by molar-refractivity contribution is 5.91. The predicted octanol–water partition coefficient (Wildman–Crippen LogP) is 3.64. The smallest absolute Gasteiger partial charge is 0.205 e. The van der Waals surface area contributed by atoms with Crippen LogP contribution in [-0.4, -0.2) is 29.9 Å². The Balaban J connectivity index is 1.97. The molecule has 27 heavy (non-hydrogen) atoms. The van der Waals surface area contributed by atoms with Crippen molar-refractivity contribution in [3.8, 4) is 28.6 Å². The van der Waals surface area contributed by atoms with Gasteiger partial charge in [0, 0.05) is 24.2 Å². The average molecular weight is 369 g/mol. The predicted molar refractivity (Wildman–Crippen MR) is 105 cm³/mol. The zero-order chi connectivity index (χ0) is 19.2. The molecule has 0 radical (unpaired) electrons. The van der Waals surface area contributed by atoms with E-state index in [0.717, 1.165) is 25.5 Å². The third-order valence-electron chi connectivity index (χ3n) is 4.21. The number of unbranched alkanes of at least 4 members (excludes halogenated alkanes) is 1. The van der Waals surface area contributed by atoms with Gasteiger partial charge in [-0.2, -0.15) is 0 Å². The van der Waals surface area contributed by atoms with Crippen molar-refractivity contribution in [2.75, 3.05) is 19.7 Å². The second kappa shape index (κ2) is 8.60. The van der Waals surface area contributed by atoms with E-state index in [-0.39, 0.29) is 34.8 Å². The highest BCUT2D eigenvalue weighted by atomic mass is 16.5. The molecule has 1 heterocycles. The van der Waals surface area contributed by atoms with E-state index in [2.05, 4.69) is 12.2 Å². The number of aromatic hydroxyl groups is 2. The summed E-state index contributed by atoms with van der Waals surface area (Å²) in [5.41, 5.74) is 0.345. The molecule has 0 unspecified atom stereocenters. The van der Waals surface area contributed by atoms with Crippen LogP contribution >= 0.6 is 0 Å². The molecular weight excluding hydrogens is 346 g/mol. The SMILES string of the molecule is CCCCNCCOc1c(O)cc(O)c2c(=O)cc(-c3ccccc3)oc12. The molecule has 0 saturated carbocycles. The van der Waals surface area contributed by atoms with Crippen LogP contribution in [-0.2, 0) is 0 Å². The summed E-state index contributed by atoms with van der Waals surface area (Å²) in [6.45, 7) is 3.88. The lowest BCUT2D eigenvalue weighted by Gasteiger charge is -2.12. The lowest BCUT2D eigenvalue weighted by molar-refractivity contribution is 0.295. The molecule has 6 nitrogen and oxygen atoms in total. The molecule has 0 saturated heterocycles. The average Bonchev–Trinajstić information content (AvgIpc) is 2.66. The Morgan fingerprint density at radius 1 is 1.07 bits per heavy atom. The number of nitrogens with one attached hydrogen (secondary N) is 1. The van der Waals surface area contributed by atoms with Gasteiger partial charge >= 0.3 is 0 Å². The third kappa shape index (κ3) is 4.23. The molecule has 142 valence electrons. The van der Waals surface area contributed by atoms with Crippen molar-refractivity contribution in [1.82, 2.24) is 5.32 Å². The summed E-state index contributed by atoms with van der Waals surface area (Å²) in [6.07, 6.45) is 2.17. The van der Waals surface area contributed by atoms with E-state index >= 15 is 0 Å². The Labute approximate surface area is 157 Å². The van der Waals surface area contributed by atoms with E-state index in [0.29, 0.717) is 17.9 Å². The lowest BCUT2D eigenvalue weighted by atomic mass is 10.1. The van der Waals surface area contributed by atoms with Crippen LogP contribution in [0.15, 0.2) is 51.7 Å². The molecule has 0 atom stereocenters. The van der Waals surface area contributed by atoms with Crippen molar-refractivity contribution in [3.05, 3.63) is 52.7 Å². The maximum absolute atomic E-state index is 12.5. The van der Waals surface area contributed by atoms with Crippen LogP contribution < -0.4 is 15.5 Å². The Morgan fingerprint density at radius 3 is 2.59 bits per heavy atom. The van der Waals surface area contributed by atoms with Crippen molar-refractivity contribution in [1.29, 1.82) is 0 Å². The molecular formula is C21H23NO5. The minimum Gasteiger partial charge on any atom is -0.507 e. The summed E-state index contributed by atoms with van der Waals surface area (Å²) in [7, 11) is 0. The summed E-state index contributed by atoms with van der Waals surface area (Å²) in [4.78, 5) is 12.5. The van der Waals surface area contributed by atoms with E-state index in [1.165, 1.54) is 6.07 Å². The number of ether oxygens (including phenoxy) is 1. The number of hydrogen-bond donors (Lipinski definition) is 3. The summed E-state index contributed by atoms with van der Waals surface area (Å²) < 4.78 is 11.5. The number of rotatable bonds is 8. The maximum Gasteiger partial charge on any atom is 0.205 e. The lowest BCUT2D eigenvalue weighted by Crippen LogP contribution is -2.22. The van der Waals surface area contributed by atoms with E-state index < -0.39 is 5.43 Å². The van der Waals surface area contributed by atoms with Gasteiger partial charge in [-0.15, -0.1) is 0 Å². The molecule has 6 heteroatoms. The molecule has 3 N–H and O–H groups in total. The number of fused-ring (bicyclic) bond motifs is 1. The van der Waals surface area contributed by atoms with Gasteiger partial charge in [-0.3, -0.25) is 4.79 Å². The molecule has 0 aliphatic carbocycles. The first kappa shape index (κ1) is 18.8. The second-order valence-electron chi connectivity index (χ2n) is 6.24. The zero-order valence-corrected chi connectivity index (χ0v) is 15.2.